The number of esters is 1. The molecule has 3 aliphatic rings. The first-order chi connectivity index (χ1) is 7.31. The van der Waals surface area contributed by atoms with E-state index in [1.54, 1.807) is 6.08 Å². The first-order valence-electron chi connectivity index (χ1n) is 6.19. The highest BCUT2D eigenvalue weighted by Gasteiger charge is 2.56. The van der Waals surface area contributed by atoms with Crippen LogP contribution in [0.25, 0.3) is 0 Å². The Hall–Kier alpha value is -0.790. The highest BCUT2D eigenvalue weighted by molar-refractivity contribution is 5.83. The van der Waals surface area contributed by atoms with Crippen molar-refractivity contribution in [2.45, 2.75) is 32.6 Å². The molecule has 15 heavy (non-hydrogen) atoms. The number of ether oxygens (including phenoxy) is 1. The minimum Gasteiger partial charge on any atom is -0.463 e. The zero-order chi connectivity index (χ0) is 10.4. The summed E-state index contributed by atoms with van der Waals surface area (Å²) in [5.74, 6) is 3.28. The smallest absolute Gasteiger partial charge is 0.330 e. The average Bonchev–Trinajstić information content (AvgIpc) is 2.67. The molecule has 3 fully saturated rings. The lowest BCUT2D eigenvalue weighted by Gasteiger charge is -2.41. The summed E-state index contributed by atoms with van der Waals surface area (Å²) in [7, 11) is 0. The Balaban J connectivity index is 1.76. The van der Waals surface area contributed by atoms with Crippen molar-refractivity contribution in [2.24, 2.45) is 23.7 Å². The third-order valence-corrected chi connectivity index (χ3v) is 4.60. The fraction of sp³-hybridized carbons (Fsp3) is 0.769. The van der Waals surface area contributed by atoms with Crippen molar-refractivity contribution in [2.75, 3.05) is 6.61 Å². The van der Waals surface area contributed by atoms with Gasteiger partial charge in [-0.05, 0) is 56.3 Å². The SMILES string of the molecule is CCOC(=O)C=C1[C@H]2CC[C@H]3CC[C@@H]1[C@H]32. The predicted octanol–water partition coefficient (Wildman–Crippen LogP) is 2.54. The molecule has 0 bridgehead atoms. The van der Waals surface area contributed by atoms with Crippen molar-refractivity contribution in [3.8, 4) is 0 Å². The highest BCUT2D eigenvalue weighted by atomic mass is 16.5. The molecule has 3 aliphatic carbocycles. The summed E-state index contributed by atoms with van der Waals surface area (Å²) < 4.78 is 4.99. The summed E-state index contributed by atoms with van der Waals surface area (Å²) in [6.07, 6.45) is 7.22. The van der Waals surface area contributed by atoms with Crippen molar-refractivity contribution in [3.05, 3.63) is 11.6 Å². The lowest BCUT2D eigenvalue weighted by atomic mass is 9.63. The van der Waals surface area contributed by atoms with Crippen LogP contribution in [-0.2, 0) is 9.53 Å². The van der Waals surface area contributed by atoms with Gasteiger partial charge in [-0.1, -0.05) is 5.57 Å². The molecular formula is C13H18O2. The van der Waals surface area contributed by atoms with Gasteiger partial charge in [0.15, 0.2) is 0 Å². The minimum absolute atomic E-state index is 0.124. The molecule has 0 N–H and O–H groups in total. The Morgan fingerprint density at radius 2 is 2.00 bits per heavy atom. The van der Waals surface area contributed by atoms with E-state index in [0.29, 0.717) is 6.61 Å². The standard InChI is InChI=1S/C13H18O2/c1-2-15-12(14)7-11-9-5-3-8-4-6-10(11)13(8)9/h7-10,13H,2-6H2,1H3/t8-,9+,10-,13+. The van der Waals surface area contributed by atoms with Crippen molar-refractivity contribution < 1.29 is 9.53 Å². The number of carbonyl (C=O) groups excluding carboxylic acids is 1. The molecule has 3 saturated carbocycles. The third-order valence-electron chi connectivity index (χ3n) is 4.60. The maximum atomic E-state index is 11.4. The van der Waals surface area contributed by atoms with Crippen LogP contribution < -0.4 is 0 Å². The van der Waals surface area contributed by atoms with Crippen LogP contribution in [0.4, 0.5) is 0 Å². The molecule has 0 aromatic rings. The minimum atomic E-state index is -0.124. The van der Waals surface area contributed by atoms with Gasteiger partial charge in [0, 0.05) is 6.08 Å². The molecule has 3 rings (SSSR count). The second kappa shape index (κ2) is 3.36. The van der Waals surface area contributed by atoms with E-state index in [1.807, 2.05) is 6.92 Å². The first kappa shape index (κ1) is 9.44. The van der Waals surface area contributed by atoms with Gasteiger partial charge in [0.05, 0.1) is 6.61 Å². The fourth-order valence-electron chi connectivity index (χ4n) is 4.11. The molecule has 0 aromatic carbocycles. The summed E-state index contributed by atoms with van der Waals surface area (Å²) in [6, 6.07) is 0. The van der Waals surface area contributed by atoms with Crippen molar-refractivity contribution in [1.29, 1.82) is 0 Å². The molecule has 0 unspecified atom stereocenters. The Morgan fingerprint density at radius 1 is 1.33 bits per heavy atom. The molecular weight excluding hydrogens is 188 g/mol. The van der Waals surface area contributed by atoms with Gasteiger partial charge in [-0.2, -0.15) is 0 Å². The van der Waals surface area contributed by atoms with Crippen LogP contribution in [0.15, 0.2) is 11.6 Å². The molecule has 0 saturated heterocycles. The van der Waals surface area contributed by atoms with Gasteiger partial charge in [0.1, 0.15) is 0 Å². The van der Waals surface area contributed by atoms with Crippen LogP contribution in [0, 0.1) is 23.7 Å². The van der Waals surface area contributed by atoms with Gasteiger partial charge in [-0.25, -0.2) is 4.79 Å². The molecule has 0 spiro atoms. The van der Waals surface area contributed by atoms with E-state index in [2.05, 4.69) is 0 Å². The van der Waals surface area contributed by atoms with E-state index < -0.39 is 0 Å². The molecule has 2 heteroatoms. The van der Waals surface area contributed by atoms with Gasteiger partial charge in [-0.15, -0.1) is 0 Å². The van der Waals surface area contributed by atoms with Gasteiger partial charge in [0.25, 0.3) is 0 Å². The molecule has 0 heterocycles. The third kappa shape index (κ3) is 1.27. The van der Waals surface area contributed by atoms with E-state index in [4.69, 9.17) is 4.74 Å². The highest BCUT2D eigenvalue weighted by Crippen LogP contribution is 2.64. The topological polar surface area (TPSA) is 26.3 Å². The summed E-state index contributed by atoms with van der Waals surface area (Å²) in [5.41, 5.74) is 1.42. The lowest BCUT2D eigenvalue weighted by Crippen LogP contribution is -2.35. The number of allylic oxidation sites excluding steroid dienone is 1. The van der Waals surface area contributed by atoms with E-state index in [1.165, 1.54) is 31.3 Å². The van der Waals surface area contributed by atoms with Crippen LogP contribution in [0.5, 0.6) is 0 Å². The monoisotopic (exact) mass is 206 g/mol. The average molecular weight is 206 g/mol. The summed E-state index contributed by atoms with van der Waals surface area (Å²) in [6.45, 7) is 2.35. The van der Waals surface area contributed by atoms with Gasteiger partial charge < -0.3 is 4.74 Å². The zero-order valence-corrected chi connectivity index (χ0v) is 9.24. The second-order valence-electron chi connectivity index (χ2n) is 5.10. The van der Waals surface area contributed by atoms with Crippen molar-refractivity contribution >= 4 is 5.97 Å². The predicted molar refractivity (Wildman–Crippen MR) is 57.1 cm³/mol. The Morgan fingerprint density at radius 3 is 2.60 bits per heavy atom. The number of hydrogen-bond donors (Lipinski definition) is 0. The maximum absolute atomic E-state index is 11.4. The van der Waals surface area contributed by atoms with Crippen LogP contribution in [0.1, 0.15) is 32.6 Å². The first-order valence-corrected chi connectivity index (χ1v) is 6.19. The van der Waals surface area contributed by atoms with Crippen LogP contribution in [-0.4, -0.2) is 12.6 Å². The Labute approximate surface area is 90.7 Å². The van der Waals surface area contributed by atoms with Crippen molar-refractivity contribution in [3.63, 3.8) is 0 Å². The number of rotatable bonds is 2. The zero-order valence-electron chi connectivity index (χ0n) is 9.24. The molecule has 82 valence electrons. The quantitative estimate of drug-likeness (QED) is 0.512. The molecule has 2 nitrogen and oxygen atoms in total. The van der Waals surface area contributed by atoms with Crippen LogP contribution in [0.3, 0.4) is 0 Å². The summed E-state index contributed by atoms with van der Waals surface area (Å²) in [4.78, 5) is 11.4. The van der Waals surface area contributed by atoms with E-state index in [9.17, 15) is 4.79 Å². The fourth-order valence-corrected chi connectivity index (χ4v) is 4.11. The van der Waals surface area contributed by atoms with Crippen molar-refractivity contribution in [1.82, 2.24) is 0 Å². The van der Waals surface area contributed by atoms with Gasteiger partial charge in [0.2, 0.25) is 0 Å². The second-order valence-corrected chi connectivity index (χ2v) is 5.10. The lowest BCUT2D eigenvalue weighted by molar-refractivity contribution is -0.137. The molecule has 0 aromatic heterocycles. The largest absolute Gasteiger partial charge is 0.463 e. The number of carbonyl (C=O) groups is 1. The number of hydrogen-bond acceptors (Lipinski definition) is 2. The molecule has 0 radical (unpaired) electrons. The Bertz CT molecular complexity index is 300. The van der Waals surface area contributed by atoms with Crippen LogP contribution in [0.2, 0.25) is 0 Å². The van der Waals surface area contributed by atoms with Crippen LogP contribution >= 0.6 is 0 Å². The van der Waals surface area contributed by atoms with E-state index in [0.717, 1.165) is 23.7 Å². The van der Waals surface area contributed by atoms with Gasteiger partial charge >= 0.3 is 5.97 Å². The maximum Gasteiger partial charge on any atom is 0.330 e. The van der Waals surface area contributed by atoms with E-state index in [-0.39, 0.29) is 5.97 Å². The Kier molecular flexibility index (Phi) is 2.11. The molecule has 0 aliphatic heterocycles. The summed E-state index contributed by atoms with van der Waals surface area (Å²) >= 11 is 0. The summed E-state index contributed by atoms with van der Waals surface area (Å²) in [5, 5.41) is 0. The molecule has 0 amide bonds. The normalized spacial score (nSPS) is 43.9. The molecule has 4 atom stereocenters. The van der Waals surface area contributed by atoms with Gasteiger partial charge in [-0.3, -0.25) is 0 Å². The van der Waals surface area contributed by atoms with E-state index >= 15 is 0 Å².